The Hall–Kier alpha value is -0.860. The minimum absolute atomic E-state index is 0.0185. The molecule has 1 aromatic carbocycles. The first-order valence-electron chi connectivity index (χ1n) is 5.97. The summed E-state index contributed by atoms with van der Waals surface area (Å²) in [6, 6.07) is 9.02. The maximum atomic E-state index is 9.64. The average molecular weight is 219 g/mol. The molecular weight excluding hydrogens is 198 g/mol. The summed E-state index contributed by atoms with van der Waals surface area (Å²) in [4.78, 5) is 0. The molecule has 0 heterocycles. The van der Waals surface area contributed by atoms with Gasteiger partial charge < -0.3 is 10.4 Å². The number of aryl methyl sites for hydroxylation is 1. The highest BCUT2D eigenvalue weighted by Crippen LogP contribution is 2.40. The first-order valence-corrected chi connectivity index (χ1v) is 5.97. The largest absolute Gasteiger partial charge is 0.392 e. The molecule has 88 valence electrons. The van der Waals surface area contributed by atoms with Crippen LogP contribution in [0.1, 0.15) is 31.4 Å². The first-order chi connectivity index (χ1) is 7.50. The summed E-state index contributed by atoms with van der Waals surface area (Å²) in [5.41, 5.74) is 2.62. The maximum absolute atomic E-state index is 9.64. The van der Waals surface area contributed by atoms with Crippen molar-refractivity contribution >= 4 is 0 Å². The molecule has 0 aromatic heterocycles. The van der Waals surface area contributed by atoms with Gasteiger partial charge in [-0.3, -0.25) is 0 Å². The van der Waals surface area contributed by atoms with Crippen LogP contribution in [0, 0.1) is 12.3 Å². The average Bonchev–Trinajstić information content (AvgIpc) is 2.26. The Kier molecular flexibility index (Phi) is 3.04. The highest BCUT2D eigenvalue weighted by molar-refractivity contribution is 5.21. The van der Waals surface area contributed by atoms with E-state index in [0.717, 1.165) is 13.0 Å². The third-order valence-corrected chi connectivity index (χ3v) is 3.89. The molecule has 0 saturated heterocycles. The van der Waals surface area contributed by atoms with E-state index in [2.05, 4.69) is 50.4 Å². The lowest BCUT2D eigenvalue weighted by Gasteiger charge is -2.49. The molecule has 1 aromatic rings. The van der Waals surface area contributed by atoms with Gasteiger partial charge in [-0.1, -0.05) is 43.7 Å². The molecule has 0 bridgehead atoms. The summed E-state index contributed by atoms with van der Waals surface area (Å²) in [7, 11) is 0. The van der Waals surface area contributed by atoms with Crippen LogP contribution in [-0.4, -0.2) is 17.3 Å². The predicted octanol–water partition coefficient (Wildman–Crippen LogP) is 2.24. The van der Waals surface area contributed by atoms with Crippen molar-refractivity contribution in [1.29, 1.82) is 0 Å². The molecule has 2 N–H and O–H groups in total. The second-order valence-electron chi connectivity index (χ2n) is 5.49. The zero-order valence-electron chi connectivity index (χ0n) is 10.3. The summed E-state index contributed by atoms with van der Waals surface area (Å²) < 4.78 is 0. The number of hydrogen-bond donors (Lipinski definition) is 2. The minimum atomic E-state index is -0.150. The van der Waals surface area contributed by atoms with Gasteiger partial charge in [0.2, 0.25) is 0 Å². The maximum Gasteiger partial charge on any atom is 0.0621 e. The summed E-state index contributed by atoms with van der Waals surface area (Å²) in [5.74, 6) is 0. The molecule has 0 spiro atoms. The minimum Gasteiger partial charge on any atom is -0.392 e. The molecule has 0 aliphatic heterocycles. The van der Waals surface area contributed by atoms with Crippen molar-refractivity contribution in [3.63, 3.8) is 0 Å². The van der Waals surface area contributed by atoms with Crippen LogP contribution in [0.3, 0.4) is 0 Å². The number of aliphatic hydroxyl groups is 1. The normalized spacial score (nSPS) is 27.5. The van der Waals surface area contributed by atoms with Crippen molar-refractivity contribution in [3.05, 3.63) is 35.4 Å². The van der Waals surface area contributed by atoms with E-state index in [0.29, 0.717) is 6.04 Å². The Morgan fingerprint density at radius 2 is 1.94 bits per heavy atom. The summed E-state index contributed by atoms with van der Waals surface area (Å²) >= 11 is 0. The fraction of sp³-hybridized carbons (Fsp3) is 0.571. The number of benzene rings is 1. The van der Waals surface area contributed by atoms with Crippen molar-refractivity contribution in [2.75, 3.05) is 0 Å². The van der Waals surface area contributed by atoms with Gasteiger partial charge in [0.05, 0.1) is 6.10 Å². The molecule has 2 unspecified atom stereocenters. The van der Waals surface area contributed by atoms with E-state index in [-0.39, 0.29) is 11.5 Å². The number of nitrogens with one attached hydrogen (secondary N) is 1. The monoisotopic (exact) mass is 219 g/mol. The van der Waals surface area contributed by atoms with Crippen LogP contribution in [0.15, 0.2) is 24.3 Å². The Labute approximate surface area is 97.7 Å². The van der Waals surface area contributed by atoms with Gasteiger partial charge in [-0.05, 0) is 18.9 Å². The van der Waals surface area contributed by atoms with E-state index in [4.69, 9.17) is 0 Å². The van der Waals surface area contributed by atoms with Crippen molar-refractivity contribution in [2.24, 2.45) is 5.41 Å². The highest BCUT2D eigenvalue weighted by atomic mass is 16.3. The molecule has 1 fully saturated rings. The quantitative estimate of drug-likeness (QED) is 0.817. The van der Waals surface area contributed by atoms with Gasteiger partial charge in [-0.2, -0.15) is 0 Å². The Bertz CT molecular complexity index is 356. The van der Waals surface area contributed by atoms with Crippen molar-refractivity contribution in [2.45, 2.75) is 45.9 Å². The lowest BCUT2D eigenvalue weighted by molar-refractivity contribution is -0.0729. The zero-order chi connectivity index (χ0) is 11.8. The molecule has 2 heteroatoms. The molecular formula is C14H21NO. The van der Waals surface area contributed by atoms with E-state index < -0.39 is 0 Å². The topological polar surface area (TPSA) is 32.3 Å². The van der Waals surface area contributed by atoms with E-state index in [9.17, 15) is 5.11 Å². The van der Waals surface area contributed by atoms with Crippen LogP contribution in [0.5, 0.6) is 0 Å². The van der Waals surface area contributed by atoms with Gasteiger partial charge in [-0.25, -0.2) is 0 Å². The third-order valence-electron chi connectivity index (χ3n) is 3.89. The number of rotatable bonds is 3. The molecule has 1 aliphatic carbocycles. The molecule has 16 heavy (non-hydrogen) atoms. The van der Waals surface area contributed by atoms with E-state index in [1.807, 2.05) is 0 Å². The lowest BCUT2D eigenvalue weighted by Crippen LogP contribution is -2.59. The molecule has 2 nitrogen and oxygen atoms in total. The summed E-state index contributed by atoms with van der Waals surface area (Å²) in [5, 5.41) is 13.2. The van der Waals surface area contributed by atoms with Crippen molar-refractivity contribution in [3.8, 4) is 0 Å². The van der Waals surface area contributed by atoms with E-state index in [1.54, 1.807) is 0 Å². The third kappa shape index (κ3) is 2.13. The van der Waals surface area contributed by atoms with Crippen molar-refractivity contribution < 1.29 is 5.11 Å². The molecule has 0 radical (unpaired) electrons. The Morgan fingerprint density at radius 3 is 2.44 bits per heavy atom. The highest BCUT2D eigenvalue weighted by Gasteiger charge is 2.46. The Balaban J connectivity index is 1.87. The number of hydrogen-bond acceptors (Lipinski definition) is 2. The fourth-order valence-corrected chi connectivity index (χ4v) is 2.20. The van der Waals surface area contributed by atoms with Crippen LogP contribution in [0.25, 0.3) is 0 Å². The van der Waals surface area contributed by atoms with Gasteiger partial charge in [0.1, 0.15) is 0 Å². The van der Waals surface area contributed by atoms with Crippen molar-refractivity contribution in [1.82, 2.24) is 5.32 Å². The molecule has 2 atom stereocenters. The van der Waals surface area contributed by atoms with Gasteiger partial charge in [0.15, 0.2) is 0 Å². The summed E-state index contributed by atoms with van der Waals surface area (Å²) in [6.07, 6.45) is 0.724. The molecule has 1 aliphatic rings. The SMILES string of the molecule is Cc1ccc(CNC2CC(O)C2(C)C)cc1. The molecule has 1 saturated carbocycles. The molecule has 0 amide bonds. The van der Waals surface area contributed by atoms with Gasteiger partial charge in [0, 0.05) is 18.0 Å². The van der Waals surface area contributed by atoms with Crippen LogP contribution in [-0.2, 0) is 6.54 Å². The smallest absolute Gasteiger partial charge is 0.0621 e. The van der Waals surface area contributed by atoms with Gasteiger partial charge in [-0.15, -0.1) is 0 Å². The van der Waals surface area contributed by atoms with Crippen LogP contribution < -0.4 is 5.32 Å². The van der Waals surface area contributed by atoms with Crippen LogP contribution in [0.2, 0.25) is 0 Å². The van der Waals surface area contributed by atoms with E-state index in [1.165, 1.54) is 11.1 Å². The van der Waals surface area contributed by atoms with E-state index >= 15 is 0 Å². The molecule has 2 rings (SSSR count). The lowest BCUT2D eigenvalue weighted by atomic mass is 9.64. The number of aliphatic hydroxyl groups excluding tert-OH is 1. The zero-order valence-corrected chi connectivity index (χ0v) is 10.3. The Morgan fingerprint density at radius 1 is 1.31 bits per heavy atom. The predicted molar refractivity (Wildman–Crippen MR) is 66.2 cm³/mol. The summed E-state index contributed by atoms with van der Waals surface area (Å²) in [6.45, 7) is 7.23. The first kappa shape index (κ1) is 11.6. The van der Waals surface area contributed by atoms with Crippen LogP contribution >= 0.6 is 0 Å². The standard InChI is InChI=1S/C14H21NO/c1-10-4-6-11(7-5-10)9-15-12-8-13(16)14(12,2)3/h4-7,12-13,15-16H,8-9H2,1-3H3. The van der Waals surface area contributed by atoms with Gasteiger partial charge in [0.25, 0.3) is 0 Å². The van der Waals surface area contributed by atoms with Gasteiger partial charge >= 0.3 is 0 Å². The second kappa shape index (κ2) is 4.19. The second-order valence-corrected chi connectivity index (χ2v) is 5.49. The fourth-order valence-electron chi connectivity index (χ4n) is 2.20. The van der Waals surface area contributed by atoms with Crippen LogP contribution in [0.4, 0.5) is 0 Å².